The van der Waals surface area contributed by atoms with Gasteiger partial charge in [-0.3, -0.25) is 0 Å². The number of benzene rings is 4. The Bertz CT molecular complexity index is 2670. The van der Waals surface area contributed by atoms with E-state index in [1.165, 1.54) is 32.9 Å². The second kappa shape index (κ2) is 20.1. The Morgan fingerprint density at radius 2 is 0.918 bits per heavy atom. The first-order valence-corrected chi connectivity index (χ1v) is 25.4. The third-order valence-corrected chi connectivity index (χ3v) is 17.3. The summed E-state index contributed by atoms with van der Waals surface area (Å²) in [6.07, 6.45) is 1.47. The molecule has 0 bridgehead atoms. The lowest BCUT2D eigenvalue weighted by molar-refractivity contribution is 0.384. The number of thiazole rings is 2. The molecule has 2 aliphatic heterocycles. The van der Waals surface area contributed by atoms with Crippen molar-refractivity contribution in [1.29, 1.82) is 0 Å². The van der Waals surface area contributed by atoms with E-state index in [-0.39, 0.29) is 19.8 Å². The normalized spacial score (nSPS) is 15.4. The number of methoxy groups -OCH3 is 1. The maximum absolute atomic E-state index is 13.0. The van der Waals surface area contributed by atoms with E-state index < -0.39 is 20.0 Å². The van der Waals surface area contributed by atoms with Crippen molar-refractivity contribution >= 4 is 111 Å². The van der Waals surface area contributed by atoms with Gasteiger partial charge in [0.1, 0.15) is 15.5 Å². The minimum atomic E-state index is -3.70. The van der Waals surface area contributed by atoms with Gasteiger partial charge in [-0.25, -0.2) is 26.8 Å². The van der Waals surface area contributed by atoms with Crippen molar-refractivity contribution in [2.75, 3.05) is 69.3 Å². The summed E-state index contributed by atoms with van der Waals surface area (Å²) < 4.78 is 60.0. The number of hydrogen-bond acceptors (Lipinski definition) is 11. The maximum atomic E-state index is 13.0. The molecule has 0 aliphatic carbocycles. The van der Waals surface area contributed by atoms with Crippen molar-refractivity contribution < 1.29 is 21.6 Å². The van der Waals surface area contributed by atoms with Gasteiger partial charge in [-0.05, 0) is 71.8 Å². The van der Waals surface area contributed by atoms with E-state index in [0.717, 1.165) is 51.4 Å². The summed E-state index contributed by atoms with van der Waals surface area (Å²) in [5, 5.41) is 7.64. The van der Waals surface area contributed by atoms with Crippen molar-refractivity contribution in [2.45, 2.75) is 22.6 Å². The molecule has 8 rings (SSSR count). The lowest BCUT2D eigenvalue weighted by atomic mass is 10.1. The third-order valence-electron chi connectivity index (χ3n) is 9.96. The molecule has 0 N–H and O–H groups in total. The first kappa shape index (κ1) is 45.8. The largest absolute Gasteiger partial charge is 0.497 e. The average Bonchev–Trinajstić information content (AvgIpc) is 3.94. The van der Waals surface area contributed by atoms with Crippen molar-refractivity contribution in [1.82, 2.24) is 18.6 Å². The number of ether oxygens (including phenoxy) is 1. The van der Waals surface area contributed by atoms with Gasteiger partial charge >= 0.3 is 0 Å². The van der Waals surface area contributed by atoms with Gasteiger partial charge in [0.25, 0.3) is 0 Å². The van der Waals surface area contributed by atoms with Crippen LogP contribution in [0, 0.1) is 0 Å². The van der Waals surface area contributed by atoms with Crippen LogP contribution in [0.1, 0.15) is 22.5 Å². The zero-order valence-electron chi connectivity index (χ0n) is 32.6. The van der Waals surface area contributed by atoms with E-state index in [0.29, 0.717) is 67.4 Å². The summed E-state index contributed by atoms with van der Waals surface area (Å²) >= 11 is 33.3. The molecule has 0 radical (unpaired) electrons. The highest BCUT2D eigenvalue weighted by molar-refractivity contribution is 7.89. The molecule has 2 saturated heterocycles. The lowest BCUT2D eigenvalue weighted by Crippen LogP contribution is -2.48. The molecule has 0 atom stereocenters. The summed E-state index contributed by atoms with van der Waals surface area (Å²) in [6, 6.07) is 24.6. The lowest BCUT2D eigenvalue weighted by Gasteiger charge is -2.34. The topological polar surface area (TPSA) is 116 Å². The Morgan fingerprint density at radius 3 is 1.31 bits per heavy atom. The molecule has 11 nitrogen and oxygen atoms in total. The van der Waals surface area contributed by atoms with Crippen LogP contribution in [-0.4, -0.2) is 94.9 Å². The fourth-order valence-electron chi connectivity index (χ4n) is 6.68. The standard InChI is InChI=1S/C21H21Cl2N3O3S2.C20H18Cl3N3O2S2/c1-29-18-5-2-15(3-6-18)12-17-14-30-21(24-17)25-8-10-26(11-9-25)31(27,28)20-13-16(22)4-7-19(20)23;21-15-3-1-14(2-4-15)11-17-13-29-20(24-17)25-7-9-26(10-8-25)30(27,28)19-12-16(22)5-6-18(19)23/h2-7,13-14H,8-12H2,1H3;1-6,12-13H,7-11H2. The van der Waals surface area contributed by atoms with Crippen LogP contribution >= 0.6 is 80.7 Å². The minimum absolute atomic E-state index is 0.0459. The quantitative estimate of drug-likeness (QED) is 0.125. The van der Waals surface area contributed by atoms with Crippen molar-refractivity contribution in [2.24, 2.45) is 0 Å². The molecule has 0 amide bonds. The van der Waals surface area contributed by atoms with Crippen molar-refractivity contribution in [3.63, 3.8) is 0 Å². The van der Waals surface area contributed by atoms with E-state index in [1.54, 1.807) is 41.9 Å². The van der Waals surface area contributed by atoms with Gasteiger partial charge in [0.15, 0.2) is 10.3 Å². The van der Waals surface area contributed by atoms with Crippen LogP contribution in [0.25, 0.3) is 0 Å². The molecule has 4 heterocycles. The fraction of sp³-hybridized carbons (Fsp3) is 0.268. The Hall–Kier alpha value is -3.19. The van der Waals surface area contributed by atoms with Gasteiger partial charge < -0.3 is 14.5 Å². The van der Waals surface area contributed by atoms with Crippen molar-refractivity contribution in [3.8, 4) is 5.75 Å². The Kier molecular flexibility index (Phi) is 15.1. The highest BCUT2D eigenvalue weighted by Gasteiger charge is 2.32. The molecule has 6 aromatic rings. The molecule has 0 spiro atoms. The van der Waals surface area contributed by atoms with E-state index >= 15 is 0 Å². The molecular weight excluding hydrogens is 962 g/mol. The molecule has 20 heteroatoms. The summed E-state index contributed by atoms with van der Waals surface area (Å²) in [7, 11) is -5.75. The SMILES string of the molecule is COc1ccc(Cc2csc(N3CCN(S(=O)(=O)c4cc(Cl)ccc4Cl)CC3)n2)cc1.O=S(=O)(c1cc(Cl)ccc1Cl)N1CCN(c2nc(Cc3ccc(Cl)cc3)cs2)CC1. The van der Waals surface area contributed by atoms with Crippen LogP contribution in [0.4, 0.5) is 10.3 Å². The minimum Gasteiger partial charge on any atom is -0.497 e. The number of nitrogens with zero attached hydrogens (tertiary/aromatic N) is 6. The van der Waals surface area contributed by atoms with E-state index in [9.17, 15) is 16.8 Å². The summed E-state index contributed by atoms with van der Waals surface area (Å²) in [5.41, 5.74) is 4.28. The van der Waals surface area contributed by atoms with Gasteiger partial charge in [-0.1, -0.05) is 82.3 Å². The third kappa shape index (κ3) is 11.3. The molecular formula is C41H39Cl5N6O5S4. The van der Waals surface area contributed by atoms with Gasteiger partial charge in [0.05, 0.1) is 28.5 Å². The Morgan fingerprint density at radius 1 is 0.541 bits per heavy atom. The molecule has 61 heavy (non-hydrogen) atoms. The smallest absolute Gasteiger partial charge is 0.244 e. The molecule has 2 fully saturated rings. The Balaban J connectivity index is 0.000000184. The monoisotopic (exact) mass is 998 g/mol. The molecule has 2 aromatic heterocycles. The van der Waals surface area contributed by atoms with Gasteiger partial charge in [0.2, 0.25) is 20.0 Å². The number of anilines is 2. The predicted octanol–water partition coefficient (Wildman–Crippen LogP) is 9.77. The van der Waals surface area contributed by atoms with Gasteiger partial charge in [0, 0.05) is 91.0 Å². The first-order chi connectivity index (χ1) is 29.2. The van der Waals surface area contributed by atoms with Crippen LogP contribution < -0.4 is 14.5 Å². The number of hydrogen-bond donors (Lipinski definition) is 0. The number of halogens is 5. The number of rotatable bonds is 11. The Labute approximate surface area is 389 Å². The first-order valence-electron chi connectivity index (χ1n) is 18.9. The van der Waals surface area contributed by atoms with Crippen molar-refractivity contribution in [3.05, 3.63) is 143 Å². The molecule has 0 saturated carbocycles. The van der Waals surface area contributed by atoms with Crippen LogP contribution in [0.3, 0.4) is 0 Å². The summed E-state index contributed by atoms with van der Waals surface area (Å²) in [4.78, 5) is 13.8. The van der Waals surface area contributed by atoms with Gasteiger partial charge in [-0.15, -0.1) is 22.7 Å². The molecule has 0 unspecified atom stereocenters. The zero-order chi connectivity index (χ0) is 43.3. The van der Waals surface area contributed by atoms with Crippen LogP contribution in [0.5, 0.6) is 5.75 Å². The molecule has 2 aliphatic rings. The van der Waals surface area contributed by atoms with Crippen LogP contribution in [0.15, 0.2) is 105 Å². The molecule has 322 valence electrons. The van der Waals surface area contributed by atoms with E-state index in [2.05, 4.69) is 15.2 Å². The zero-order valence-corrected chi connectivity index (χ0v) is 39.6. The fourth-order valence-corrected chi connectivity index (χ4v) is 12.9. The second-order valence-electron chi connectivity index (χ2n) is 14.0. The van der Waals surface area contributed by atoms with Gasteiger partial charge in [-0.2, -0.15) is 8.61 Å². The number of piperazine rings is 2. The highest BCUT2D eigenvalue weighted by Crippen LogP contribution is 2.32. The maximum Gasteiger partial charge on any atom is 0.244 e. The van der Waals surface area contributed by atoms with Crippen LogP contribution in [0.2, 0.25) is 25.1 Å². The predicted molar refractivity (Wildman–Crippen MR) is 249 cm³/mol. The summed E-state index contributed by atoms with van der Waals surface area (Å²) in [5.74, 6) is 0.828. The highest BCUT2D eigenvalue weighted by atomic mass is 35.5. The second-order valence-corrected chi connectivity index (χ2v) is 21.6. The number of sulfonamides is 2. The molecule has 4 aromatic carbocycles. The van der Waals surface area contributed by atoms with E-state index in [4.69, 9.17) is 72.7 Å². The number of aromatic nitrogens is 2. The van der Waals surface area contributed by atoms with E-state index in [1.807, 2.05) is 53.9 Å². The average molecular weight is 1000 g/mol. The van der Waals surface area contributed by atoms with Crippen LogP contribution in [-0.2, 0) is 32.9 Å². The summed E-state index contributed by atoms with van der Waals surface area (Å²) in [6.45, 7) is 3.68.